The van der Waals surface area contributed by atoms with Gasteiger partial charge >= 0.3 is 0 Å². The van der Waals surface area contributed by atoms with E-state index in [-0.39, 0.29) is 24.7 Å². The Hall–Kier alpha value is -3.15. The molecule has 0 unspecified atom stereocenters. The molecule has 6 nitrogen and oxygen atoms in total. The highest BCUT2D eigenvalue weighted by Crippen LogP contribution is 2.27. The van der Waals surface area contributed by atoms with E-state index in [2.05, 4.69) is 10.9 Å². The SMILES string of the molecule is Cc1cccc(C(=O)NNC(=O)CCC(=O)N2CCCc3ccccc32)c1. The summed E-state index contributed by atoms with van der Waals surface area (Å²) in [5.41, 5.74) is 8.27. The van der Waals surface area contributed by atoms with Gasteiger partial charge in [0.2, 0.25) is 11.8 Å². The van der Waals surface area contributed by atoms with Crippen LogP contribution in [0.3, 0.4) is 0 Å². The van der Waals surface area contributed by atoms with Crippen molar-refractivity contribution in [1.82, 2.24) is 10.9 Å². The van der Waals surface area contributed by atoms with E-state index in [1.54, 1.807) is 23.1 Å². The molecule has 0 saturated carbocycles. The van der Waals surface area contributed by atoms with E-state index < -0.39 is 5.91 Å². The fraction of sp³-hybridized carbons (Fsp3) is 0.286. The quantitative estimate of drug-likeness (QED) is 0.817. The number of rotatable bonds is 4. The molecule has 0 saturated heterocycles. The van der Waals surface area contributed by atoms with Crippen LogP contribution in [0, 0.1) is 6.92 Å². The number of fused-ring (bicyclic) bond motifs is 1. The van der Waals surface area contributed by atoms with Gasteiger partial charge in [0.15, 0.2) is 0 Å². The molecule has 27 heavy (non-hydrogen) atoms. The van der Waals surface area contributed by atoms with Gasteiger partial charge < -0.3 is 4.90 Å². The van der Waals surface area contributed by atoms with E-state index in [1.807, 2.05) is 37.3 Å². The van der Waals surface area contributed by atoms with Gasteiger partial charge in [0.25, 0.3) is 5.91 Å². The predicted octanol–water partition coefficient (Wildman–Crippen LogP) is 2.52. The van der Waals surface area contributed by atoms with E-state index in [9.17, 15) is 14.4 Å². The van der Waals surface area contributed by atoms with Crippen LogP contribution in [0.1, 0.15) is 40.7 Å². The first-order chi connectivity index (χ1) is 13.0. The number of hydrogen-bond donors (Lipinski definition) is 2. The van der Waals surface area contributed by atoms with Crippen molar-refractivity contribution in [3.8, 4) is 0 Å². The number of hydrazine groups is 1. The first-order valence-corrected chi connectivity index (χ1v) is 9.09. The van der Waals surface area contributed by atoms with Crippen molar-refractivity contribution in [1.29, 1.82) is 0 Å². The lowest BCUT2D eigenvalue weighted by Gasteiger charge is -2.29. The Morgan fingerprint density at radius 2 is 1.81 bits per heavy atom. The first-order valence-electron chi connectivity index (χ1n) is 9.09. The van der Waals surface area contributed by atoms with Gasteiger partial charge in [0.05, 0.1) is 0 Å². The largest absolute Gasteiger partial charge is 0.312 e. The molecule has 140 valence electrons. The molecule has 2 N–H and O–H groups in total. The first kappa shape index (κ1) is 18.6. The Morgan fingerprint density at radius 1 is 1.00 bits per heavy atom. The second kappa shape index (κ2) is 8.49. The van der Waals surface area contributed by atoms with Gasteiger partial charge in [-0.1, -0.05) is 35.9 Å². The van der Waals surface area contributed by atoms with Crippen LogP contribution >= 0.6 is 0 Å². The summed E-state index contributed by atoms with van der Waals surface area (Å²) in [5.74, 6) is -0.861. The van der Waals surface area contributed by atoms with E-state index in [0.29, 0.717) is 12.1 Å². The molecule has 0 spiro atoms. The molecule has 0 aliphatic carbocycles. The van der Waals surface area contributed by atoms with Crippen LogP contribution < -0.4 is 15.8 Å². The topological polar surface area (TPSA) is 78.5 Å². The second-order valence-electron chi connectivity index (χ2n) is 6.65. The summed E-state index contributed by atoms with van der Waals surface area (Å²) in [5, 5.41) is 0. The Balaban J connectivity index is 1.48. The van der Waals surface area contributed by atoms with Crippen molar-refractivity contribution in [2.75, 3.05) is 11.4 Å². The van der Waals surface area contributed by atoms with Crippen LogP contribution in [-0.2, 0) is 16.0 Å². The van der Waals surface area contributed by atoms with Crippen molar-refractivity contribution < 1.29 is 14.4 Å². The number of aryl methyl sites for hydroxylation is 2. The molecule has 1 aliphatic rings. The molecule has 0 aromatic heterocycles. The summed E-state index contributed by atoms with van der Waals surface area (Å²) in [7, 11) is 0. The summed E-state index contributed by atoms with van der Waals surface area (Å²) in [6, 6.07) is 14.9. The zero-order valence-corrected chi connectivity index (χ0v) is 15.3. The molecule has 0 fully saturated rings. The van der Waals surface area contributed by atoms with E-state index >= 15 is 0 Å². The minimum atomic E-state index is -0.394. The van der Waals surface area contributed by atoms with Crippen LogP contribution in [0.2, 0.25) is 0 Å². The normalized spacial score (nSPS) is 12.9. The molecule has 6 heteroatoms. The maximum atomic E-state index is 12.5. The standard InChI is InChI=1S/C21H23N3O3/c1-15-6-4-8-17(14-15)21(27)23-22-19(25)11-12-20(26)24-13-5-9-16-7-2-3-10-18(16)24/h2-4,6-8,10,14H,5,9,11-13H2,1H3,(H,22,25)(H,23,27). The average Bonchev–Trinajstić information content (AvgIpc) is 2.69. The maximum Gasteiger partial charge on any atom is 0.269 e. The lowest BCUT2D eigenvalue weighted by molar-refractivity contribution is -0.125. The second-order valence-corrected chi connectivity index (χ2v) is 6.65. The number of amides is 3. The van der Waals surface area contributed by atoms with Crippen molar-refractivity contribution >= 4 is 23.4 Å². The Morgan fingerprint density at radius 3 is 2.63 bits per heavy atom. The fourth-order valence-electron chi connectivity index (χ4n) is 3.20. The molecule has 0 radical (unpaired) electrons. The van der Waals surface area contributed by atoms with E-state index in [4.69, 9.17) is 0 Å². The Bertz CT molecular complexity index is 863. The number of nitrogens with zero attached hydrogens (tertiary/aromatic N) is 1. The molecule has 1 heterocycles. The van der Waals surface area contributed by atoms with Gasteiger partial charge in [0, 0.05) is 30.6 Å². The van der Waals surface area contributed by atoms with Gasteiger partial charge in [0.1, 0.15) is 0 Å². The fourth-order valence-corrected chi connectivity index (χ4v) is 3.20. The van der Waals surface area contributed by atoms with E-state index in [0.717, 1.165) is 29.7 Å². The van der Waals surface area contributed by atoms with Gasteiger partial charge in [-0.15, -0.1) is 0 Å². The van der Waals surface area contributed by atoms with Crippen molar-refractivity contribution in [3.63, 3.8) is 0 Å². The zero-order chi connectivity index (χ0) is 19.2. The maximum absolute atomic E-state index is 12.5. The highest BCUT2D eigenvalue weighted by Gasteiger charge is 2.22. The number of hydrogen-bond acceptors (Lipinski definition) is 3. The number of carbonyl (C=O) groups excluding carboxylic acids is 3. The molecule has 3 rings (SSSR count). The number of benzene rings is 2. The van der Waals surface area contributed by atoms with Gasteiger partial charge in [-0.05, 0) is 43.5 Å². The van der Waals surface area contributed by atoms with E-state index in [1.165, 1.54) is 0 Å². The van der Waals surface area contributed by atoms with Crippen molar-refractivity contribution in [2.45, 2.75) is 32.6 Å². The number of para-hydroxylation sites is 1. The molecule has 2 aromatic carbocycles. The highest BCUT2D eigenvalue weighted by atomic mass is 16.2. The minimum absolute atomic E-state index is 0.0194. The monoisotopic (exact) mass is 365 g/mol. The number of nitrogens with one attached hydrogen (secondary N) is 2. The van der Waals surface area contributed by atoms with Crippen molar-refractivity contribution in [2.24, 2.45) is 0 Å². The third-order valence-corrected chi connectivity index (χ3v) is 4.57. The third kappa shape index (κ3) is 4.73. The molecular formula is C21H23N3O3. The van der Waals surface area contributed by atoms with Crippen LogP contribution in [0.25, 0.3) is 0 Å². The summed E-state index contributed by atoms with van der Waals surface area (Å²) < 4.78 is 0. The average molecular weight is 365 g/mol. The summed E-state index contributed by atoms with van der Waals surface area (Å²) in [6.45, 7) is 2.56. The molecular weight excluding hydrogens is 342 g/mol. The molecule has 1 aliphatic heterocycles. The molecule has 2 aromatic rings. The van der Waals surface area contributed by atoms with Gasteiger partial charge in [-0.3, -0.25) is 25.2 Å². The Kier molecular flexibility index (Phi) is 5.86. The zero-order valence-electron chi connectivity index (χ0n) is 15.3. The molecule has 0 bridgehead atoms. The highest BCUT2D eigenvalue weighted by molar-refractivity contribution is 5.98. The summed E-state index contributed by atoms with van der Waals surface area (Å²) in [4.78, 5) is 38.3. The summed E-state index contributed by atoms with van der Waals surface area (Å²) >= 11 is 0. The number of anilines is 1. The Labute approximate surface area is 158 Å². The van der Waals surface area contributed by atoms with Crippen molar-refractivity contribution in [3.05, 3.63) is 65.2 Å². The van der Waals surface area contributed by atoms with Crippen LogP contribution in [-0.4, -0.2) is 24.3 Å². The van der Waals surface area contributed by atoms with Gasteiger partial charge in [-0.25, -0.2) is 0 Å². The van der Waals surface area contributed by atoms with Crippen LogP contribution in [0.15, 0.2) is 48.5 Å². The number of carbonyl (C=O) groups is 3. The van der Waals surface area contributed by atoms with Gasteiger partial charge in [-0.2, -0.15) is 0 Å². The smallest absolute Gasteiger partial charge is 0.269 e. The van der Waals surface area contributed by atoms with Crippen LogP contribution in [0.5, 0.6) is 0 Å². The lowest BCUT2D eigenvalue weighted by Crippen LogP contribution is -2.42. The predicted molar refractivity (Wildman–Crippen MR) is 103 cm³/mol. The summed E-state index contributed by atoms with van der Waals surface area (Å²) in [6.07, 6.45) is 2.00. The lowest BCUT2D eigenvalue weighted by atomic mass is 10.0. The molecule has 0 atom stereocenters. The minimum Gasteiger partial charge on any atom is -0.312 e. The van der Waals surface area contributed by atoms with Crippen LogP contribution in [0.4, 0.5) is 5.69 Å². The molecule has 3 amide bonds. The third-order valence-electron chi connectivity index (χ3n) is 4.57.